The summed E-state index contributed by atoms with van der Waals surface area (Å²) in [6, 6.07) is 15.1. The fourth-order valence-corrected chi connectivity index (χ4v) is 4.47. The molecule has 0 bridgehead atoms. The minimum Gasteiger partial charge on any atom is -0.454 e. The number of rotatable bonds is 2. The normalized spacial score (nSPS) is 22.9. The van der Waals surface area contributed by atoms with Crippen molar-refractivity contribution < 1.29 is 9.47 Å². The van der Waals surface area contributed by atoms with Gasteiger partial charge in [-0.25, -0.2) is 0 Å². The first kappa shape index (κ1) is 13.1. The third-order valence-corrected chi connectivity index (χ3v) is 5.90. The molecule has 0 spiro atoms. The molecule has 0 saturated heterocycles. The van der Waals surface area contributed by atoms with E-state index < -0.39 is 0 Å². The molecule has 2 nitrogen and oxygen atoms in total. The average Bonchev–Trinajstić information content (AvgIpc) is 2.97. The van der Waals surface area contributed by atoms with Crippen LogP contribution in [0.4, 0.5) is 0 Å². The highest BCUT2D eigenvalue weighted by Gasteiger charge is 2.29. The summed E-state index contributed by atoms with van der Waals surface area (Å²) in [4.78, 5) is 1.36. The lowest BCUT2D eigenvalue weighted by atomic mass is 9.83. The molecule has 2 atom stereocenters. The Bertz CT molecular complexity index is 654. The Morgan fingerprint density at radius 3 is 2.62 bits per heavy atom. The third-order valence-electron chi connectivity index (χ3n) is 4.41. The van der Waals surface area contributed by atoms with Gasteiger partial charge < -0.3 is 9.47 Å². The molecule has 0 radical (unpaired) electrons. The molecule has 0 unspecified atom stereocenters. The Kier molecular flexibility index (Phi) is 3.30. The SMILES string of the molecule is C[C@H]1c2cc3c(cc2CC[C@H]1Sc1ccccc1)OCO3. The first-order valence-corrected chi connectivity index (χ1v) is 8.33. The van der Waals surface area contributed by atoms with Crippen molar-refractivity contribution in [3.05, 3.63) is 53.6 Å². The first-order chi connectivity index (χ1) is 10.3. The number of aryl methyl sites for hydroxylation is 1. The molecule has 0 aromatic heterocycles. The van der Waals surface area contributed by atoms with E-state index in [1.807, 2.05) is 11.8 Å². The number of hydrogen-bond acceptors (Lipinski definition) is 3. The van der Waals surface area contributed by atoms with Gasteiger partial charge in [0.2, 0.25) is 6.79 Å². The van der Waals surface area contributed by atoms with Gasteiger partial charge >= 0.3 is 0 Å². The Balaban J connectivity index is 1.61. The van der Waals surface area contributed by atoms with Crippen LogP contribution >= 0.6 is 11.8 Å². The zero-order valence-corrected chi connectivity index (χ0v) is 12.9. The van der Waals surface area contributed by atoms with Crippen molar-refractivity contribution in [3.63, 3.8) is 0 Å². The van der Waals surface area contributed by atoms with E-state index >= 15 is 0 Å². The van der Waals surface area contributed by atoms with Crippen molar-refractivity contribution in [1.29, 1.82) is 0 Å². The Hall–Kier alpha value is -1.61. The second kappa shape index (κ2) is 5.30. The molecule has 0 saturated carbocycles. The molecule has 2 aromatic rings. The number of ether oxygens (including phenoxy) is 2. The second-order valence-corrected chi connectivity index (χ2v) is 7.01. The summed E-state index contributed by atoms with van der Waals surface area (Å²) in [5.41, 5.74) is 2.86. The molecule has 108 valence electrons. The van der Waals surface area contributed by atoms with E-state index in [1.54, 1.807) is 0 Å². The van der Waals surface area contributed by atoms with Gasteiger partial charge in [0.1, 0.15) is 0 Å². The molecular formula is C18H18O2S. The van der Waals surface area contributed by atoms with Crippen LogP contribution in [0.3, 0.4) is 0 Å². The monoisotopic (exact) mass is 298 g/mol. The fourth-order valence-electron chi connectivity index (χ4n) is 3.22. The van der Waals surface area contributed by atoms with Crippen LogP contribution in [0.15, 0.2) is 47.4 Å². The number of thioether (sulfide) groups is 1. The van der Waals surface area contributed by atoms with Crippen molar-refractivity contribution in [2.24, 2.45) is 0 Å². The molecule has 1 aliphatic heterocycles. The summed E-state index contributed by atoms with van der Waals surface area (Å²) < 4.78 is 11.0. The molecule has 4 rings (SSSR count). The van der Waals surface area contributed by atoms with Crippen LogP contribution in [-0.2, 0) is 6.42 Å². The van der Waals surface area contributed by atoms with Gasteiger partial charge in [-0.3, -0.25) is 0 Å². The summed E-state index contributed by atoms with van der Waals surface area (Å²) in [5, 5.41) is 0.625. The minimum absolute atomic E-state index is 0.356. The van der Waals surface area contributed by atoms with E-state index in [2.05, 4.69) is 49.4 Å². The van der Waals surface area contributed by atoms with Gasteiger partial charge in [0.05, 0.1) is 0 Å². The lowest BCUT2D eigenvalue weighted by molar-refractivity contribution is 0.174. The smallest absolute Gasteiger partial charge is 0.231 e. The van der Waals surface area contributed by atoms with E-state index in [0.29, 0.717) is 18.0 Å². The van der Waals surface area contributed by atoms with Crippen LogP contribution in [0.25, 0.3) is 0 Å². The zero-order valence-electron chi connectivity index (χ0n) is 12.0. The maximum Gasteiger partial charge on any atom is 0.231 e. The minimum atomic E-state index is 0.356. The predicted molar refractivity (Wildman–Crippen MR) is 85.4 cm³/mol. The second-order valence-electron chi connectivity index (χ2n) is 5.70. The lowest BCUT2D eigenvalue weighted by Crippen LogP contribution is -2.20. The molecule has 1 heterocycles. The maximum atomic E-state index is 5.54. The summed E-state index contributed by atoms with van der Waals surface area (Å²) in [5.74, 6) is 2.36. The van der Waals surface area contributed by atoms with Crippen molar-refractivity contribution in [2.75, 3.05) is 6.79 Å². The molecule has 0 amide bonds. The molecule has 0 fully saturated rings. The number of fused-ring (bicyclic) bond motifs is 2. The fraction of sp³-hybridized carbons (Fsp3) is 0.333. The molecule has 1 aliphatic carbocycles. The summed E-state index contributed by atoms with van der Waals surface area (Å²) in [6.45, 7) is 2.69. The largest absolute Gasteiger partial charge is 0.454 e. The number of hydrogen-bond donors (Lipinski definition) is 0. The number of benzene rings is 2. The van der Waals surface area contributed by atoms with Gasteiger partial charge in [-0.2, -0.15) is 0 Å². The highest BCUT2D eigenvalue weighted by atomic mass is 32.2. The summed E-state index contributed by atoms with van der Waals surface area (Å²) >= 11 is 2.00. The first-order valence-electron chi connectivity index (χ1n) is 7.45. The van der Waals surface area contributed by atoms with Crippen LogP contribution in [0, 0.1) is 0 Å². The standard InChI is InChI=1S/C18H18O2S/c1-12-15-10-17-16(19-11-20-17)9-13(15)7-8-18(12)21-14-5-3-2-4-6-14/h2-6,9-10,12,18H,7-8,11H2,1H3/t12-,18+/m0/s1. The van der Waals surface area contributed by atoms with E-state index in [0.717, 1.165) is 17.9 Å². The van der Waals surface area contributed by atoms with Gasteiger partial charge in [-0.05, 0) is 54.2 Å². The molecule has 0 N–H and O–H groups in total. The van der Waals surface area contributed by atoms with Crippen LogP contribution in [0.5, 0.6) is 11.5 Å². The van der Waals surface area contributed by atoms with Crippen LogP contribution in [0.2, 0.25) is 0 Å². The third kappa shape index (κ3) is 2.40. The quantitative estimate of drug-likeness (QED) is 0.805. The van der Waals surface area contributed by atoms with Gasteiger partial charge in [0.25, 0.3) is 0 Å². The predicted octanol–water partition coefficient (Wildman–Crippen LogP) is 4.63. The van der Waals surface area contributed by atoms with Crippen LogP contribution < -0.4 is 9.47 Å². The molecule has 2 aromatic carbocycles. The van der Waals surface area contributed by atoms with Crippen molar-refractivity contribution in [3.8, 4) is 11.5 Å². The van der Waals surface area contributed by atoms with Crippen molar-refractivity contribution >= 4 is 11.8 Å². The topological polar surface area (TPSA) is 18.5 Å². The van der Waals surface area contributed by atoms with Gasteiger partial charge in [0.15, 0.2) is 11.5 Å². The highest BCUT2D eigenvalue weighted by molar-refractivity contribution is 8.00. The lowest BCUT2D eigenvalue weighted by Gasteiger charge is -2.31. The zero-order chi connectivity index (χ0) is 14.2. The Morgan fingerprint density at radius 2 is 1.81 bits per heavy atom. The molecule has 3 heteroatoms. The average molecular weight is 298 g/mol. The molecule has 2 aliphatic rings. The molecular weight excluding hydrogens is 280 g/mol. The van der Waals surface area contributed by atoms with Gasteiger partial charge in [-0.15, -0.1) is 11.8 Å². The molecule has 21 heavy (non-hydrogen) atoms. The van der Waals surface area contributed by atoms with Gasteiger partial charge in [-0.1, -0.05) is 25.1 Å². The van der Waals surface area contributed by atoms with Crippen molar-refractivity contribution in [1.82, 2.24) is 0 Å². The van der Waals surface area contributed by atoms with E-state index in [1.165, 1.54) is 22.4 Å². The van der Waals surface area contributed by atoms with Crippen molar-refractivity contribution in [2.45, 2.75) is 35.8 Å². The Labute approximate surface area is 129 Å². The van der Waals surface area contributed by atoms with Crippen LogP contribution in [0.1, 0.15) is 30.4 Å². The van der Waals surface area contributed by atoms with Gasteiger partial charge in [0, 0.05) is 10.1 Å². The van der Waals surface area contributed by atoms with E-state index in [-0.39, 0.29) is 0 Å². The van der Waals surface area contributed by atoms with E-state index in [9.17, 15) is 0 Å². The van der Waals surface area contributed by atoms with E-state index in [4.69, 9.17) is 9.47 Å². The maximum absolute atomic E-state index is 5.54. The Morgan fingerprint density at radius 1 is 1.05 bits per heavy atom. The summed E-state index contributed by atoms with van der Waals surface area (Å²) in [7, 11) is 0. The summed E-state index contributed by atoms with van der Waals surface area (Å²) in [6.07, 6.45) is 2.34. The van der Waals surface area contributed by atoms with Crippen LogP contribution in [-0.4, -0.2) is 12.0 Å². The highest BCUT2D eigenvalue weighted by Crippen LogP contribution is 2.45.